The summed E-state index contributed by atoms with van der Waals surface area (Å²) in [5.41, 5.74) is 1.27. The zero-order chi connectivity index (χ0) is 12.8. The fraction of sp³-hybridized carbons (Fsp3) is 0.231. The van der Waals surface area contributed by atoms with Crippen LogP contribution < -0.4 is 4.74 Å². The van der Waals surface area contributed by atoms with Crippen LogP contribution >= 0.6 is 0 Å². The average Bonchev–Trinajstić information content (AvgIpc) is 2.34. The first-order valence-corrected chi connectivity index (χ1v) is 5.04. The van der Waals surface area contributed by atoms with Gasteiger partial charge < -0.3 is 9.64 Å². The van der Waals surface area contributed by atoms with Crippen LogP contribution in [0, 0.1) is 0 Å². The molecule has 1 amide bonds. The van der Waals surface area contributed by atoms with E-state index in [2.05, 4.69) is 0 Å². The van der Waals surface area contributed by atoms with Crippen LogP contribution in [0.15, 0.2) is 24.3 Å². The fourth-order valence-electron chi connectivity index (χ4n) is 1.36. The number of ether oxygens (including phenoxy) is 1. The van der Waals surface area contributed by atoms with E-state index in [9.17, 15) is 9.59 Å². The molecule has 0 saturated heterocycles. The summed E-state index contributed by atoms with van der Waals surface area (Å²) in [5.74, 6) is 0.357. The molecule has 1 rings (SSSR count). The third-order valence-electron chi connectivity index (χ3n) is 2.21. The van der Waals surface area contributed by atoms with Crippen LogP contribution in [0.5, 0.6) is 5.75 Å². The number of carbonyl (C=O) groups excluding carboxylic acids is 2. The van der Waals surface area contributed by atoms with Crippen molar-refractivity contribution in [3.05, 3.63) is 35.4 Å². The third kappa shape index (κ3) is 3.17. The molecule has 0 aromatic heterocycles. The molecule has 1 aromatic carbocycles. The lowest BCUT2D eigenvalue weighted by molar-refractivity contribution is 0.0824. The number of carbonyl (C=O) groups is 1. The van der Waals surface area contributed by atoms with Crippen molar-refractivity contribution in [2.75, 3.05) is 21.2 Å². The SMILES string of the molecule is COc1cc(C=C[C]=O)ccc1C(=O)N(C)C. The molecular weight excluding hydrogens is 218 g/mol. The minimum absolute atomic E-state index is 0.126. The molecule has 0 fully saturated rings. The highest BCUT2D eigenvalue weighted by molar-refractivity contribution is 5.97. The molecule has 1 radical (unpaired) electrons. The summed E-state index contributed by atoms with van der Waals surface area (Å²) in [5, 5.41) is 0. The lowest BCUT2D eigenvalue weighted by Gasteiger charge is -2.13. The topological polar surface area (TPSA) is 46.6 Å². The van der Waals surface area contributed by atoms with Crippen LogP contribution in [0.4, 0.5) is 0 Å². The van der Waals surface area contributed by atoms with Crippen molar-refractivity contribution < 1.29 is 14.3 Å². The van der Waals surface area contributed by atoms with Gasteiger partial charge in [0.2, 0.25) is 6.29 Å². The van der Waals surface area contributed by atoms with Crippen molar-refractivity contribution in [1.82, 2.24) is 4.90 Å². The quantitative estimate of drug-likeness (QED) is 0.739. The van der Waals surface area contributed by atoms with Gasteiger partial charge >= 0.3 is 0 Å². The Labute approximate surface area is 100 Å². The Morgan fingerprint density at radius 2 is 2.12 bits per heavy atom. The standard InChI is InChI=1S/C13H14NO3/c1-14(2)13(16)11-7-6-10(5-4-8-15)9-12(11)17-3/h4-7,9H,1-3H3. The first-order valence-electron chi connectivity index (χ1n) is 5.04. The van der Waals surface area contributed by atoms with E-state index in [-0.39, 0.29) is 5.91 Å². The van der Waals surface area contributed by atoms with Crippen LogP contribution in [-0.2, 0) is 4.79 Å². The Morgan fingerprint density at radius 3 is 2.65 bits per heavy atom. The summed E-state index contributed by atoms with van der Waals surface area (Å²) in [6.07, 6.45) is 4.53. The van der Waals surface area contributed by atoms with Crippen LogP contribution in [0.3, 0.4) is 0 Å². The molecule has 0 N–H and O–H groups in total. The minimum atomic E-state index is -0.126. The largest absolute Gasteiger partial charge is 0.496 e. The predicted molar refractivity (Wildman–Crippen MR) is 65.7 cm³/mol. The molecule has 0 heterocycles. The Morgan fingerprint density at radius 1 is 1.41 bits per heavy atom. The van der Waals surface area contributed by atoms with E-state index in [0.717, 1.165) is 5.56 Å². The molecule has 1 aromatic rings. The van der Waals surface area contributed by atoms with E-state index in [1.54, 1.807) is 44.7 Å². The molecule has 4 nitrogen and oxygen atoms in total. The predicted octanol–water partition coefficient (Wildman–Crippen LogP) is 1.52. The smallest absolute Gasteiger partial charge is 0.257 e. The molecular formula is C13H14NO3. The third-order valence-corrected chi connectivity index (χ3v) is 2.21. The van der Waals surface area contributed by atoms with Crippen molar-refractivity contribution in [1.29, 1.82) is 0 Å². The van der Waals surface area contributed by atoms with E-state index < -0.39 is 0 Å². The Kier molecular flexibility index (Phi) is 4.46. The number of hydrogen-bond donors (Lipinski definition) is 0. The van der Waals surface area contributed by atoms with Crippen molar-refractivity contribution in [3.63, 3.8) is 0 Å². The number of amides is 1. The molecule has 0 aliphatic rings. The number of methoxy groups -OCH3 is 1. The van der Waals surface area contributed by atoms with Gasteiger partial charge in [-0.15, -0.1) is 0 Å². The zero-order valence-corrected chi connectivity index (χ0v) is 10.1. The Balaban J connectivity index is 3.13. The van der Waals surface area contributed by atoms with Gasteiger partial charge in [0.25, 0.3) is 5.91 Å². The minimum Gasteiger partial charge on any atom is -0.496 e. The van der Waals surface area contributed by atoms with Gasteiger partial charge in [-0.1, -0.05) is 12.1 Å². The van der Waals surface area contributed by atoms with Gasteiger partial charge in [0, 0.05) is 14.1 Å². The molecule has 89 valence electrons. The number of benzene rings is 1. The van der Waals surface area contributed by atoms with Crippen molar-refractivity contribution in [2.24, 2.45) is 0 Å². The van der Waals surface area contributed by atoms with Gasteiger partial charge in [-0.25, -0.2) is 0 Å². The number of rotatable bonds is 4. The van der Waals surface area contributed by atoms with E-state index in [1.807, 2.05) is 0 Å². The van der Waals surface area contributed by atoms with Crippen molar-refractivity contribution in [2.45, 2.75) is 0 Å². The van der Waals surface area contributed by atoms with E-state index in [1.165, 1.54) is 18.1 Å². The Hall–Kier alpha value is -2.10. The lowest BCUT2D eigenvalue weighted by atomic mass is 10.1. The number of hydrogen-bond acceptors (Lipinski definition) is 3. The molecule has 0 spiro atoms. The average molecular weight is 232 g/mol. The van der Waals surface area contributed by atoms with Crippen molar-refractivity contribution >= 4 is 18.3 Å². The van der Waals surface area contributed by atoms with Gasteiger partial charge in [0.05, 0.1) is 12.7 Å². The normalized spacial score (nSPS) is 10.3. The second-order valence-corrected chi connectivity index (χ2v) is 3.61. The molecule has 0 bridgehead atoms. The second-order valence-electron chi connectivity index (χ2n) is 3.61. The van der Waals surface area contributed by atoms with Crippen LogP contribution in [0.25, 0.3) is 6.08 Å². The molecule has 17 heavy (non-hydrogen) atoms. The molecule has 0 aliphatic carbocycles. The van der Waals surface area contributed by atoms with E-state index >= 15 is 0 Å². The van der Waals surface area contributed by atoms with Crippen molar-refractivity contribution in [3.8, 4) is 5.75 Å². The van der Waals surface area contributed by atoms with Gasteiger partial charge in [0.1, 0.15) is 5.75 Å². The van der Waals surface area contributed by atoms with Crippen LogP contribution in [-0.4, -0.2) is 38.3 Å². The van der Waals surface area contributed by atoms with Gasteiger partial charge in [-0.2, -0.15) is 0 Å². The maximum atomic E-state index is 11.8. The Bertz CT molecular complexity index is 450. The molecule has 0 aliphatic heterocycles. The zero-order valence-electron chi connectivity index (χ0n) is 10.1. The summed E-state index contributed by atoms with van der Waals surface area (Å²) in [6.45, 7) is 0. The van der Waals surface area contributed by atoms with E-state index in [0.29, 0.717) is 11.3 Å². The molecule has 0 saturated carbocycles. The van der Waals surface area contributed by atoms with Gasteiger partial charge in [0.15, 0.2) is 0 Å². The molecule has 0 unspecified atom stereocenters. The highest BCUT2D eigenvalue weighted by atomic mass is 16.5. The molecule has 4 heteroatoms. The lowest BCUT2D eigenvalue weighted by Crippen LogP contribution is -2.22. The monoisotopic (exact) mass is 232 g/mol. The van der Waals surface area contributed by atoms with Gasteiger partial charge in [-0.05, 0) is 23.8 Å². The first kappa shape index (κ1) is 13.0. The summed E-state index contributed by atoms with van der Waals surface area (Å²) < 4.78 is 5.16. The fourth-order valence-corrected chi connectivity index (χ4v) is 1.36. The first-order chi connectivity index (χ1) is 8.10. The highest BCUT2D eigenvalue weighted by Crippen LogP contribution is 2.22. The highest BCUT2D eigenvalue weighted by Gasteiger charge is 2.13. The van der Waals surface area contributed by atoms with Gasteiger partial charge in [-0.3, -0.25) is 9.59 Å². The number of nitrogens with zero attached hydrogens (tertiary/aromatic N) is 1. The molecule has 0 atom stereocenters. The van der Waals surface area contributed by atoms with Crippen LogP contribution in [0.1, 0.15) is 15.9 Å². The summed E-state index contributed by atoms with van der Waals surface area (Å²) >= 11 is 0. The summed E-state index contributed by atoms with van der Waals surface area (Å²) in [4.78, 5) is 23.4. The number of allylic oxidation sites excluding steroid dienone is 1. The van der Waals surface area contributed by atoms with E-state index in [4.69, 9.17) is 4.74 Å². The maximum Gasteiger partial charge on any atom is 0.257 e. The second kappa shape index (κ2) is 5.84. The van der Waals surface area contributed by atoms with Crippen LogP contribution in [0.2, 0.25) is 0 Å². The summed E-state index contributed by atoms with van der Waals surface area (Å²) in [6, 6.07) is 5.11. The maximum absolute atomic E-state index is 11.8. The summed E-state index contributed by atoms with van der Waals surface area (Å²) in [7, 11) is 4.86.